The van der Waals surface area contributed by atoms with Crippen molar-refractivity contribution in [2.24, 2.45) is 5.92 Å². The van der Waals surface area contributed by atoms with Gasteiger partial charge in [0.05, 0.1) is 0 Å². The lowest BCUT2D eigenvalue weighted by Crippen LogP contribution is -2.38. The first-order chi connectivity index (χ1) is 7.72. The maximum atomic E-state index is 2.72. The molecule has 2 aliphatic rings. The number of fused-ring (bicyclic) bond motifs is 1. The molecule has 1 nitrogen and oxygen atoms in total. The molecule has 2 heterocycles. The molecule has 1 aromatic carbocycles. The monoisotopic (exact) mass is 215 g/mol. The zero-order valence-corrected chi connectivity index (χ0v) is 10.3. The number of hydrogen-bond donors (Lipinski definition) is 0. The second kappa shape index (κ2) is 3.59. The summed E-state index contributed by atoms with van der Waals surface area (Å²) < 4.78 is 0. The van der Waals surface area contributed by atoms with E-state index in [2.05, 4.69) is 49.1 Å². The topological polar surface area (TPSA) is 3.24 Å². The fourth-order valence-electron chi connectivity index (χ4n) is 4.11. The average molecular weight is 215 g/mol. The highest BCUT2D eigenvalue weighted by molar-refractivity contribution is 5.28. The Bertz CT molecular complexity index is 372. The molecule has 0 aliphatic carbocycles. The van der Waals surface area contributed by atoms with Gasteiger partial charge < -0.3 is 0 Å². The van der Waals surface area contributed by atoms with Crippen LogP contribution in [-0.2, 0) is 0 Å². The van der Waals surface area contributed by atoms with Crippen LogP contribution >= 0.6 is 0 Å². The minimum atomic E-state index is 0.431. The van der Waals surface area contributed by atoms with Crippen molar-refractivity contribution < 1.29 is 0 Å². The van der Waals surface area contributed by atoms with Crippen molar-refractivity contribution in [3.8, 4) is 0 Å². The van der Waals surface area contributed by atoms with Gasteiger partial charge in [-0.2, -0.15) is 0 Å². The summed E-state index contributed by atoms with van der Waals surface area (Å²) in [6.07, 6.45) is 2.75. The van der Waals surface area contributed by atoms with E-state index < -0.39 is 0 Å². The van der Waals surface area contributed by atoms with Crippen LogP contribution in [0.15, 0.2) is 30.3 Å². The first-order valence-corrected chi connectivity index (χ1v) is 6.52. The van der Waals surface area contributed by atoms with Gasteiger partial charge in [-0.3, -0.25) is 4.90 Å². The van der Waals surface area contributed by atoms with Crippen LogP contribution in [-0.4, -0.2) is 23.5 Å². The molecule has 0 aromatic heterocycles. The van der Waals surface area contributed by atoms with E-state index in [1.54, 1.807) is 5.56 Å². The Morgan fingerprint density at radius 1 is 1.25 bits per heavy atom. The molecule has 3 rings (SSSR count). The normalized spacial score (nSPS) is 38.9. The van der Waals surface area contributed by atoms with E-state index in [1.165, 1.54) is 25.9 Å². The Morgan fingerprint density at radius 3 is 2.75 bits per heavy atom. The fourth-order valence-corrected chi connectivity index (χ4v) is 4.11. The lowest BCUT2D eigenvalue weighted by Gasteiger charge is -2.34. The second-order valence-corrected chi connectivity index (χ2v) is 5.77. The van der Waals surface area contributed by atoms with Gasteiger partial charge in [0.1, 0.15) is 0 Å². The summed E-state index contributed by atoms with van der Waals surface area (Å²) in [6.45, 7) is 7.49. The SMILES string of the molecule is C[C@@H]1CN2CCC[C@]2(C)[C@H]1c1ccccc1. The van der Waals surface area contributed by atoms with E-state index >= 15 is 0 Å². The van der Waals surface area contributed by atoms with Crippen LogP contribution in [0.5, 0.6) is 0 Å². The molecule has 0 bridgehead atoms. The molecule has 0 unspecified atom stereocenters. The Labute approximate surface area is 98.5 Å². The van der Waals surface area contributed by atoms with Crippen molar-refractivity contribution in [1.29, 1.82) is 0 Å². The molecule has 1 heteroatoms. The second-order valence-electron chi connectivity index (χ2n) is 5.77. The van der Waals surface area contributed by atoms with E-state index in [1.807, 2.05) is 0 Å². The standard InChI is InChI=1S/C15H21N/c1-12-11-16-10-6-9-15(16,2)14(12)13-7-4-3-5-8-13/h3-5,7-8,12,14H,6,9-11H2,1-2H3/t12-,14-,15-/m1/s1. The molecular weight excluding hydrogens is 194 g/mol. The van der Waals surface area contributed by atoms with Gasteiger partial charge in [0, 0.05) is 18.0 Å². The largest absolute Gasteiger partial charge is 0.297 e. The highest BCUT2D eigenvalue weighted by Gasteiger charge is 2.51. The molecule has 0 radical (unpaired) electrons. The van der Waals surface area contributed by atoms with Crippen LogP contribution in [0, 0.1) is 5.92 Å². The van der Waals surface area contributed by atoms with Crippen molar-refractivity contribution in [3.05, 3.63) is 35.9 Å². The summed E-state index contributed by atoms with van der Waals surface area (Å²) in [5, 5.41) is 0. The summed E-state index contributed by atoms with van der Waals surface area (Å²) in [4.78, 5) is 2.72. The fraction of sp³-hybridized carbons (Fsp3) is 0.600. The average Bonchev–Trinajstić information content (AvgIpc) is 2.72. The summed E-state index contributed by atoms with van der Waals surface area (Å²) in [6, 6.07) is 11.1. The van der Waals surface area contributed by atoms with Crippen LogP contribution in [0.1, 0.15) is 38.2 Å². The zero-order chi connectivity index (χ0) is 11.2. The van der Waals surface area contributed by atoms with Crippen molar-refractivity contribution in [2.75, 3.05) is 13.1 Å². The number of rotatable bonds is 1. The van der Waals surface area contributed by atoms with E-state index in [-0.39, 0.29) is 0 Å². The molecule has 0 spiro atoms. The summed E-state index contributed by atoms with van der Waals surface area (Å²) in [5.41, 5.74) is 1.97. The Morgan fingerprint density at radius 2 is 2.00 bits per heavy atom. The smallest absolute Gasteiger partial charge is 0.0253 e. The van der Waals surface area contributed by atoms with Crippen molar-refractivity contribution in [2.45, 2.75) is 38.1 Å². The Hall–Kier alpha value is -0.820. The quantitative estimate of drug-likeness (QED) is 0.695. The van der Waals surface area contributed by atoms with Gasteiger partial charge in [0.2, 0.25) is 0 Å². The molecular formula is C15H21N. The summed E-state index contributed by atoms with van der Waals surface area (Å²) >= 11 is 0. The number of hydrogen-bond acceptors (Lipinski definition) is 1. The molecule has 1 aromatic rings. The maximum absolute atomic E-state index is 2.72. The Balaban J connectivity index is 2.00. The molecule has 16 heavy (non-hydrogen) atoms. The first kappa shape index (κ1) is 10.3. The van der Waals surface area contributed by atoms with Crippen LogP contribution in [0.3, 0.4) is 0 Å². The highest BCUT2D eigenvalue weighted by Crippen LogP contribution is 2.50. The lowest BCUT2D eigenvalue weighted by molar-refractivity contribution is 0.201. The highest BCUT2D eigenvalue weighted by atomic mass is 15.2. The van der Waals surface area contributed by atoms with Crippen LogP contribution < -0.4 is 0 Å². The molecule has 0 amide bonds. The van der Waals surface area contributed by atoms with Gasteiger partial charge in [-0.1, -0.05) is 37.3 Å². The third kappa shape index (κ3) is 1.34. The third-order valence-corrected chi connectivity index (χ3v) is 4.74. The van der Waals surface area contributed by atoms with Gasteiger partial charge in [0.15, 0.2) is 0 Å². The van der Waals surface area contributed by atoms with E-state index in [0.717, 1.165) is 11.8 Å². The van der Waals surface area contributed by atoms with E-state index in [0.29, 0.717) is 5.54 Å². The van der Waals surface area contributed by atoms with Gasteiger partial charge >= 0.3 is 0 Å². The molecule has 2 aliphatic heterocycles. The van der Waals surface area contributed by atoms with Crippen molar-refractivity contribution in [3.63, 3.8) is 0 Å². The molecule has 86 valence electrons. The first-order valence-electron chi connectivity index (χ1n) is 6.52. The lowest BCUT2D eigenvalue weighted by atomic mass is 9.76. The van der Waals surface area contributed by atoms with Crippen LogP contribution in [0.2, 0.25) is 0 Å². The van der Waals surface area contributed by atoms with Crippen molar-refractivity contribution in [1.82, 2.24) is 4.90 Å². The van der Waals surface area contributed by atoms with Gasteiger partial charge in [0.25, 0.3) is 0 Å². The number of nitrogens with zero attached hydrogens (tertiary/aromatic N) is 1. The Kier molecular flexibility index (Phi) is 2.32. The minimum absolute atomic E-state index is 0.431. The predicted octanol–water partition coefficient (Wildman–Crippen LogP) is 3.27. The van der Waals surface area contributed by atoms with E-state index in [4.69, 9.17) is 0 Å². The van der Waals surface area contributed by atoms with E-state index in [9.17, 15) is 0 Å². The zero-order valence-electron chi connectivity index (χ0n) is 10.3. The summed E-state index contributed by atoms with van der Waals surface area (Å²) in [5.74, 6) is 1.53. The minimum Gasteiger partial charge on any atom is -0.297 e. The van der Waals surface area contributed by atoms with Gasteiger partial charge in [-0.05, 0) is 37.8 Å². The molecule has 2 fully saturated rings. The van der Waals surface area contributed by atoms with Crippen LogP contribution in [0.4, 0.5) is 0 Å². The van der Waals surface area contributed by atoms with Crippen molar-refractivity contribution >= 4 is 0 Å². The molecule has 0 N–H and O–H groups in total. The van der Waals surface area contributed by atoms with Crippen LogP contribution in [0.25, 0.3) is 0 Å². The van der Waals surface area contributed by atoms with Gasteiger partial charge in [-0.25, -0.2) is 0 Å². The molecule has 0 saturated carbocycles. The maximum Gasteiger partial charge on any atom is 0.0253 e. The summed E-state index contributed by atoms with van der Waals surface area (Å²) in [7, 11) is 0. The molecule has 2 saturated heterocycles. The predicted molar refractivity (Wildman–Crippen MR) is 67.6 cm³/mol. The number of benzene rings is 1. The van der Waals surface area contributed by atoms with Gasteiger partial charge in [-0.15, -0.1) is 0 Å². The third-order valence-electron chi connectivity index (χ3n) is 4.74. The molecule has 3 atom stereocenters.